The molecule has 40 heavy (non-hydrogen) atoms. The molecular weight excluding hydrogens is 533 g/mol. The van der Waals surface area contributed by atoms with E-state index in [-0.39, 0.29) is 17.1 Å². The fraction of sp³-hybridized carbons (Fsp3) is 0.333. The second kappa shape index (κ2) is 12.5. The van der Waals surface area contributed by atoms with E-state index in [0.29, 0.717) is 11.3 Å². The van der Waals surface area contributed by atoms with E-state index < -0.39 is 45.8 Å². The molecule has 3 aromatic carbocycles. The Kier molecular flexibility index (Phi) is 9.57. The molecule has 10 heteroatoms. The van der Waals surface area contributed by atoms with Gasteiger partial charge in [-0.3, -0.25) is 13.9 Å². The summed E-state index contributed by atoms with van der Waals surface area (Å²) in [5.41, 5.74) is 1.17. The molecule has 0 fully saturated rings. The highest BCUT2D eigenvalue weighted by Gasteiger charge is 2.33. The molecule has 0 spiro atoms. The van der Waals surface area contributed by atoms with Crippen molar-refractivity contribution in [2.24, 2.45) is 0 Å². The number of rotatable bonds is 10. The first kappa shape index (κ1) is 30.6. The standard InChI is InChI=1S/C30H36FN3O5S/c1-21-7-17-27(18-8-21)40(37,38)34(25-13-15-26(39-6)16-14-25)20-28(35)33(19-23-9-11-24(31)12-10-23)22(2)29(36)32-30(3,4)5/h7-18,22H,19-20H2,1-6H3,(H,32,36)/t22-/m1/s1. The number of carbonyl (C=O) groups excluding carboxylic acids is 2. The van der Waals surface area contributed by atoms with Crippen LogP contribution in [0.4, 0.5) is 10.1 Å². The third kappa shape index (κ3) is 7.81. The predicted octanol–water partition coefficient (Wildman–Crippen LogP) is 4.67. The number of aryl methyl sites for hydroxylation is 1. The lowest BCUT2D eigenvalue weighted by molar-refractivity contribution is -0.140. The zero-order chi connectivity index (χ0) is 29.7. The predicted molar refractivity (Wildman–Crippen MR) is 153 cm³/mol. The number of carbonyl (C=O) groups is 2. The number of ether oxygens (including phenoxy) is 1. The van der Waals surface area contributed by atoms with E-state index in [2.05, 4.69) is 5.32 Å². The molecule has 0 aliphatic carbocycles. The van der Waals surface area contributed by atoms with Gasteiger partial charge in [-0.1, -0.05) is 29.8 Å². The van der Waals surface area contributed by atoms with Gasteiger partial charge in [0.15, 0.2) is 0 Å². The number of nitrogens with one attached hydrogen (secondary N) is 1. The summed E-state index contributed by atoms with van der Waals surface area (Å²) in [7, 11) is -2.68. The second-order valence-electron chi connectivity index (χ2n) is 10.6. The van der Waals surface area contributed by atoms with Crippen LogP contribution in [0.1, 0.15) is 38.8 Å². The Bertz CT molecular complexity index is 1420. The van der Waals surface area contributed by atoms with Crippen molar-refractivity contribution < 1.29 is 27.1 Å². The number of hydrogen-bond donors (Lipinski definition) is 1. The quantitative estimate of drug-likeness (QED) is 0.383. The Morgan fingerprint density at radius 1 is 0.950 bits per heavy atom. The molecule has 0 heterocycles. The van der Waals surface area contributed by atoms with E-state index in [1.54, 1.807) is 43.3 Å². The summed E-state index contributed by atoms with van der Waals surface area (Å²) in [4.78, 5) is 28.3. The van der Waals surface area contributed by atoms with Gasteiger partial charge in [0.05, 0.1) is 17.7 Å². The molecule has 0 saturated heterocycles. The van der Waals surface area contributed by atoms with Crippen molar-refractivity contribution >= 4 is 27.5 Å². The van der Waals surface area contributed by atoms with Crippen LogP contribution in [-0.2, 0) is 26.2 Å². The summed E-state index contributed by atoms with van der Waals surface area (Å²) in [6.45, 7) is 8.29. The minimum absolute atomic E-state index is 0.0188. The van der Waals surface area contributed by atoms with Gasteiger partial charge in [-0.15, -0.1) is 0 Å². The van der Waals surface area contributed by atoms with Crippen molar-refractivity contribution in [3.63, 3.8) is 0 Å². The topological polar surface area (TPSA) is 96.0 Å². The molecular formula is C30H36FN3O5S. The second-order valence-corrected chi connectivity index (χ2v) is 12.4. The monoisotopic (exact) mass is 569 g/mol. The number of halogens is 1. The van der Waals surface area contributed by atoms with Crippen molar-refractivity contribution in [2.75, 3.05) is 18.0 Å². The molecule has 3 rings (SSSR count). The number of hydrogen-bond acceptors (Lipinski definition) is 5. The first-order valence-corrected chi connectivity index (χ1v) is 14.2. The zero-order valence-electron chi connectivity index (χ0n) is 23.6. The molecule has 2 amide bonds. The zero-order valence-corrected chi connectivity index (χ0v) is 24.5. The average Bonchev–Trinajstić information content (AvgIpc) is 2.90. The molecule has 0 unspecified atom stereocenters. The van der Waals surface area contributed by atoms with Gasteiger partial charge in [0.2, 0.25) is 11.8 Å². The number of methoxy groups -OCH3 is 1. The fourth-order valence-electron chi connectivity index (χ4n) is 3.96. The van der Waals surface area contributed by atoms with Gasteiger partial charge in [0, 0.05) is 12.1 Å². The highest BCUT2D eigenvalue weighted by atomic mass is 32.2. The molecule has 0 aliphatic rings. The summed E-state index contributed by atoms with van der Waals surface area (Å²) in [6.07, 6.45) is 0. The first-order chi connectivity index (χ1) is 18.7. The number of sulfonamides is 1. The van der Waals surface area contributed by atoms with Crippen LogP contribution >= 0.6 is 0 Å². The lowest BCUT2D eigenvalue weighted by Crippen LogP contribution is -2.54. The Morgan fingerprint density at radius 3 is 2.05 bits per heavy atom. The molecule has 0 saturated carbocycles. The number of nitrogens with zero attached hydrogens (tertiary/aromatic N) is 2. The van der Waals surface area contributed by atoms with Gasteiger partial charge >= 0.3 is 0 Å². The smallest absolute Gasteiger partial charge is 0.264 e. The molecule has 3 aromatic rings. The average molecular weight is 570 g/mol. The lowest BCUT2D eigenvalue weighted by Gasteiger charge is -2.33. The van der Waals surface area contributed by atoms with Gasteiger partial charge in [-0.2, -0.15) is 0 Å². The van der Waals surface area contributed by atoms with E-state index in [0.717, 1.165) is 9.87 Å². The minimum Gasteiger partial charge on any atom is -0.497 e. The third-order valence-electron chi connectivity index (χ3n) is 6.18. The number of amides is 2. The minimum atomic E-state index is -4.18. The third-order valence-corrected chi connectivity index (χ3v) is 7.97. The van der Waals surface area contributed by atoms with Gasteiger partial charge in [-0.05, 0) is 88.7 Å². The van der Waals surface area contributed by atoms with Crippen LogP contribution in [-0.4, -0.2) is 50.4 Å². The van der Waals surface area contributed by atoms with Crippen LogP contribution < -0.4 is 14.4 Å². The van der Waals surface area contributed by atoms with E-state index >= 15 is 0 Å². The molecule has 0 aromatic heterocycles. The Balaban J connectivity index is 2.03. The Morgan fingerprint density at radius 2 is 1.52 bits per heavy atom. The van der Waals surface area contributed by atoms with E-state index in [1.165, 1.54) is 48.4 Å². The molecule has 0 aliphatic heterocycles. The summed E-state index contributed by atoms with van der Waals surface area (Å²) < 4.78 is 47.5. The maximum absolute atomic E-state index is 13.9. The van der Waals surface area contributed by atoms with Crippen LogP contribution in [0.25, 0.3) is 0 Å². The summed E-state index contributed by atoms with van der Waals surface area (Å²) >= 11 is 0. The fourth-order valence-corrected chi connectivity index (χ4v) is 5.37. The SMILES string of the molecule is COc1ccc(N(CC(=O)N(Cc2ccc(F)cc2)[C@H](C)C(=O)NC(C)(C)C)S(=O)(=O)c2ccc(C)cc2)cc1. The summed E-state index contributed by atoms with van der Waals surface area (Å²) in [6, 6.07) is 17.3. The van der Waals surface area contributed by atoms with E-state index in [4.69, 9.17) is 4.74 Å². The van der Waals surface area contributed by atoms with Crippen LogP contribution in [0.15, 0.2) is 77.7 Å². The van der Waals surface area contributed by atoms with Crippen molar-refractivity contribution in [1.29, 1.82) is 0 Å². The molecule has 8 nitrogen and oxygen atoms in total. The largest absolute Gasteiger partial charge is 0.497 e. The highest BCUT2D eigenvalue weighted by molar-refractivity contribution is 7.92. The first-order valence-electron chi connectivity index (χ1n) is 12.8. The molecule has 214 valence electrons. The van der Waals surface area contributed by atoms with Gasteiger partial charge in [-0.25, -0.2) is 12.8 Å². The van der Waals surface area contributed by atoms with Crippen LogP contribution in [0.2, 0.25) is 0 Å². The normalized spacial score (nSPS) is 12.4. The summed E-state index contributed by atoms with van der Waals surface area (Å²) in [5, 5.41) is 2.87. The van der Waals surface area contributed by atoms with Crippen LogP contribution in [0.3, 0.4) is 0 Å². The van der Waals surface area contributed by atoms with Crippen molar-refractivity contribution in [3.05, 3.63) is 89.7 Å². The number of anilines is 1. The van der Waals surface area contributed by atoms with Gasteiger partial charge < -0.3 is 15.0 Å². The van der Waals surface area contributed by atoms with E-state index in [9.17, 15) is 22.4 Å². The maximum Gasteiger partial charge on any atom is 0.264 e. The molecule has 0 radical (unpaired) electrons. The maximum atomic E-state index is 13.9. The molecule has 1 atom stereocenters. The van der Waals surface area contributed by atoms with Crippen LogP contribution in [0.5, 0.6) is 5.75 Å². The van der Waals surface area contributed by atoms with Gasteiger partial charge in [0.1, 0.15) is 24.2 Å². The van der Waals surface area contributed by atoms with Crippen LogP contribution in [0, 0.1) is 12.7 Å². The van der Waals surface area contributed by atoms with Crippen molar-refractivity contribution in [3.8, 4) is 5.75 Å². The summed E-state index contributed by atoms with van der Waals surface area (Å²) in [5.74, 6) is -0.920. The highest BCUT2D eigenvalue weighted by Crippen LogP contribution is 2.27. The van der Waals surface area contributed by atoms with Crippen molar-refractivity contribution in [2.45, 2.75) is 57.6 Å². The number of benzene rings is 3. The Hall–Kier alpha value is -3.92. The van der Waals surface area contributed by atoms with E-state index in [1.807, 2.05) is 27.7 Å². The molecule has 0 bridgehead atoms. The Labute approximate surface area is 235 Å². The van der Waals surface area contributed by atoms with Crippen molar-refractivity contribution in [1.82, 2.24) is 10.2 Å². The lowest BCUT2D eigenvalue weighted by atomic mass is 10.1. The molecule has 1 N–H and O–H groups in total. The van der Waals surface area contributed by atoms with Gasteiger partial charge in [0.25, 0.3) is 10.0 Å².